The molecule has 0 aliphatic carbocycles. The third-order valence-electron chi connectivity index (χ3n) is 2.09. The van der Waals surface area contributed by atoms with Crippen molar-refractivity contribution in [2.45, 2.75) is 13.8 Å². The minimum absolute atomic E-state index is 0. The van der Waals surface area contributed by atoms with Gasteiger partial charge in [0.25, 0.3) is 0 Å². The summed E-state index contributed by atoms with van der Waals surface area (Å²) in [4.78, 5) is 4.49. The van der Waals surface area contributed by atoms with Crippen molar-refractivity contribution < 1.29 is 0 Å². The summed E-state index contributed by atoms with van der Waals surface area (Å²) in [6.45, 7) is 5.34. The molecule has 0 N–H and O–H groups in total. The lowest BCUT2D eigenvalue weighted by Gasteiger charge is -2.14. The van der Waals surface area contributed by atoms with Crippen LogP contribution in [0.5, 0.6) is 0 Å². The second-order valence-electron chi connectivity index (χ2n) is 2.71. The van der Waals surface area contributed by atoms with Crippen molar-refractivity contribution in [2.24, 2.45) is 0 Å². The van der Waals surface area contributed by atoms with Gasteiger partial charge < -0.3 is 9.80 Å². The van der Waals surface area contributed by atoms with Gasteiger partial charge in [0, 0.05) is 25.5 Å². The number of hydrogen-bond donors (Lipinski definition) is 0. The molecule has 0 aromatic carbocycles. The van der Waals surface area contributed by atoms with E-state index in [2.05, 4.69) is 37.7 Å². The highest BCUT2D eigenvalue weighted by Gasteiger charge is 2.15. The summed E-state index contributed by atoms with van der Waals surface area (Å²) < 4.78 is 0. The fourth-order valence-corrected chi connectivity index (χ4v) is 1.08. The van der Waals surface area contributed by atoms with Crippen LogP contribution in [-0.4, -0.2) is 30.6 Å². The maximum absolute atomic E-state index is 2.25. The lowest BCUT2D eigenvalue weighted by molar-refractivity contribution is 0.318. The molecule has 1 aliphatic rings. The molecule has 11 heavy (non-hydrogen) atoms. The van der Waals surface area contributed by atoms with Crippen molar-refractivity contribution in [3.05, 3.63) is 11.4 Å². The highest BCUT2D eigenvalue weighted by molar-refractivity contribution is 5.85. The molecule has 2 nitrogen and oxygen atoms in total. The first-order valence-corrected chi connectivity index (χ1v) is 3.22. The molecule has 4 heteroatoms. The molecule has 0 atom stereocenters. The van der Waals surface area contributed by atoms with E-state index in [1.54, 1.807) is 0 Å². The maximum Gasteiger partial charge on any atom is 0.0892 e. The lowest BCUT2D eigenvalue weighted by atomic mass is 10.4. The van der Waals surface area contributed by atoms with Crippen LogP contribution in [0.3, 0.4) is 0 Å². The van der Waals surface area contributed by atoms with E-state index >= 15 is 0 Å². The highest BCUT2D eigenvalue weighted by Crippen LogP contribution is 2.18. The molecule has 0 aromatic heterocycles. The minimum Gasteiger partial charge on any atom is -0.359 e. The normalized spacial score (nSPS) is 16.4. The summed E-state index contributed by atoms with van der Waals surface area (Å²) in [6.07, 6.45) is 0. The zero-order valence-corrected chi connectivity index (χ0v) is 9.05. The van der Waals surface area contributed by atoms with Crippen molar-refractivity contribution in [3.63, 3.8) is 0 Å². The van der Waals surface area contributed by atoms with Gasteiger partial charge in [0.15, 0.2) is 0 Å². The van der Waals surface area contributed by atoms with Crippen LogP contribution >= 0.6 is 24.8 Å². The Balaban J connectivity index is 0. The van der Waals surface area contributed by atoms with E-state index < -0.39 is 0 Å². The summed E-state index contributed by atoms with van der Waals surface area (Å²) in [5.74, 6) is 0. The lowest BCUT2D eigenvalue weighted by Crippen LogP contribution is -2.20. The average molecular weight is 199 g/mol. The topological polar surface area (TPSA) is 6.48 Å². The molecule has 0 fully saturated rings. The van der Waals surface area contributed by atoms with Gasteiger partial charge in [-0.1, -0.05) is 0 Å². The quantitative estimate of drug-likeness (QED) is 0.588. The zero-order valence-electron chi connectivity index (χ0n) is 7.42. The predicted molar refractivity (Wildman–Crippen MR) is 53.3 cm³/mol. The van der Waals surface area contributed by atoms with Crippen LogP contribution in [0.25, 0.3) is 0 Å². The Morgan fingerprint density at radius 2 is 1.18 bits per heavy atom. The molecule has 1 aliphatic heterocycles. The van der Waals surface area contributed by atoms with Gasteiger partial charge in [-0.2, -0.15) is 0 Å². The van der Waals surface area contributed by atoms with Crippen LogP contribution in [0.2, 0.25) is 0 Å². The molecule has 0 amide bonds. The third-order valence-corrected chi connectivity index (χ3v) is 2.09. The molecule has 0 radical (unpaired) electrons. The van der Waals surface area contributed by atoms with Gasteiger partial charge in [0.05, 0.1) is 6.67 Å². The maximum atomic E-state index is 2.25. The fraction of sp³-hybridized carbons (Fsp3) is 0.714. The molecular formula is C7H16Cl2N2. The van der Waals surface area contributed by atoms with Crippen LogP contribution in [0, 0.1) is 0 Å². The molecule has 68 valence electrons. The predicted octanol–water partition coefficient (Wildman–Crippen LogP) is 1.92. The first-order valence-electron chi connectivity index (χ1n) is 3.22. The smallest absolute Gasteiger partial charge is 0.0892 e. The van der Waals surface area contributed by atoms with Crippen LogP contribution < -0.4 is 0 Å². The summed E-state index contributed by atoms with van der Waals surface area (Å²) in [7, 11) is 4.23. The standard InChI is InChI=1S/C7H14N2.2ClH/c1-6-7(2)9(4)5-8(6)3;;/h5H2,1-4H3;2*1H. The Bertz CT molecular complexity index is 141. The Morgan fingerprint density at radius 1 is 0.909 bits per heavy atom. The van der Waals surface area contributed by atoms with Crippen molar-refractivity contribution in [2.75, 3.05) is 20.8 Å². The summed E-state index contributed by atoms with van der Waals surface area (Å²) >= 11 is 0. The van der Waals surface area contributed by atoms with E-state index in [1.807, 2.05) is 0 Å². The van der Waals surface area contributed by atoms with Crippen molar-refractivity contribution in [1.29, 1.82) is 0 Å². The van der Waals surface area contributed by atoms with Crippen molar-refractivity contribution in [3.8, 4) is 0 Å². The van der Waals surface area contributed by atoms with Crippen molar-refractivity contribution >= 4 is 24.8 Å². The Labute approximate surface area is 81.1 Å². The first kappa shape index (κ1) is 13.5. The number of allylic oxidation sites excluding steroid dienone is 2. The van der Waals surface area contributed by atoms with Gasteiger partial charge in [0.2, 0.25) is 0 Å². The average Bonchev–Trinajstić information content (AvgIpc) is 1.98. The molecule has 0 bridgehead atoms. The van der Waals surface area contributed by atoms with E-state index in [9.17, 15) is 0 Å². The SMILES string of the molecule is CC1=C(C)N(C)CN1C.Cl.Cl. The number of halogens is 2. The van der Waals surface area contributed by atoms with E-state index in [-0.39, 0.29) is 24.8 Å². The Morgan fingerprint density at radius 3 is 1.27 bits per heavy atom. The van der Waals surface area contributed by atoms with Gasteiger partial charge in [-0.3, -0.25) is 0 Å². The highest BCUT2D eigenvalue weighted by atomic mass is 35.5. The Hall–Kier alpha value is -0.0800. The fourth-order valence-electron chi connectivity index (χ4n) is 1.08. The molecule has 1 heterocycles. The second-order valence-corrected chi connectivity index (χ2v) is 2.71. The van der Waals surface area contributed by atoms with Gasteiger partial charge in [-0.15, -0.1) is 24.8 Å². The third kappa shape index (κ3) is 2.46. The number of rotatable bonds is 0. The molecule has 0 unspecified atom stereocenters. The molecule has 1 rings (SSSR count). The van der Waals surface area contributed by atoms with Crippen LogP contribution in [0.4, 0.5) is 0 Å². The molecule has 0 aromatic rings. The van der Waals surface area contributed by atoms with Crippen LogP contribution in [0.1, 0.15) is 13.8 Å². The van der Waals surface area contributed by atoms with E-state index in [4.69, 9.17) is 0 Å². The summed E-state index contributed by atoms with van der Waals surface area (Å²) in [6, 6.07) is 0. The number of nitrogens with zero attached hydrogens (tertiary/aromatic N) is 2. The molecule has 0 spiro atoms. The monoisotopic (exact) mass is 198 g/mol. The summed E-state index contributed by atoms with van der Waals surface area (Å²) in [5.41, 5.74) is 2.77. The van der Waals surface area contributed by atoms with Gasteiger partial charge >= 0.3 is 0 Å². The molecule has 0 saturated carbocycles. The van der Waals surface area contributed by atoms with E-state index in [1.165, 1.54) is 11.4 Å². The first-order chi connectivity index (χ1) is 4.13. The zero-order chi connectivity index (χ0) is 7.02. The van der Waals surface area contributed by atoms with Crippen molar-refractivity contribution in [1.82, 2.24) is 9.80 Å². The Kier molecular flexibility index (Phi) is 5.81. The molecule has 0 saturated heterocycles. The summed E-state index contributed by atoms with van der Waals surface area (Å²) in [5, 5.41) is 0. The van der Waals surface area contributed by atoms with Crippen LogP contribution in [0.15, 0.2) is 11.4 Å². The van der Waals surface area contributed by atoms with E-state index in [0.717, 1.165) is 6.67 Å². The minimum atomic E-state index is 0. The van der Waals surface area contributed by atoms with Gasteiger partial charge in [-0.25, -0.2) is 0 Å². The van der Waals surface area contributed by atoms with Crippen LogP contribution in [-0.2, 0) is 0 Å². The molecular weight excluding hydrogens is 183 g/mol. The van der Waals surface area contributed by atoms with E-state index in [0.29, 0.717) is 0 Å². The van der Waals surface area contributed by atoms with Gasteiger partial charge in [0.1, 0.15) is 0 Å². The largest absolute Gasteiger partial charge is 0.359 e. The van der Waals surface area contributed by atoms with Gasteiger partial charge in [-0.05, 0) is 13.8 Å². The number of hydrogen-bond acceptors (Lipinski definition) is 2. The second kappa shape index (κ2) is 4.73.